The Bertz CT molecular complexity index is 468. The van der Waals surface area contributed by atoms with E-state index >= 15 is 0 Å². The summed E-state index contributed by atoms with van der Waals surface area (Å²) in [5.41, 5.74) is 1.16. The fourth-order valence-electron chi connectivity index (χ4n) is 1.32. The summed E-state index contributed by atoms with van der Waals surface area (Å²) in [6.45, 7) is 3.55. The fourth-order valence-corrected chi connectivity index (χ4v) is 1.47. The number of aryl methyl sites for hydroxylation is 1. The van der Waals surface area contributed by atoms with Gasteiger partial charge in [-0.15, -0.1) is 0 Å². The largest absolute Gasteiger partial charge is 0.368 e. The molecule has 0 spiro atoms. The second-order valence-electron chi connectivity index (χ2n) is 3.42. The maximum absolute atomic E-state index is 5.66. The number of hydrogen-bond acceptors (Lipinski definition) is 4. The van der Waals surface area contributed by atoms with Crippen LogP contribution in [0.1, 0.15) is 5.56 Å². The van der Waals surface area contributed by atoms with Crippen LogP contribution in [0.4, 0.5) is 5.82 Å². The van der Waals surface area contributed by atoms with Crippen LogP contribution in [0.5, 0.6) is 0 Å². The van der Waals surface area contributed by atoms with Crippen LogP contribution in [0.2, 0.25) is 5.28 Å². The summed E-state index contributed by atoms with van der Waals surface area (Å²) < 4.78 is 1.88. The van der Waals surface area contributed by atoms with Gasteiger partial charge in [-0.3, -0.25) is 4.68 Å². The Morgan fingerprint density at radius 1 is 1.50 bits per heavy atom. The van der Waals surface area contributed by atoms with Gasteiger partial charge in [0.2, 0.25) is 5.28 Å². The van der Waals surface area contributed by atoms with Gasteiger partial charge in [-0.2, -0.15) is 5.10 Å². The summed E-state index contributed by atoms with van der Waals surface area (Å²) in [7, 11) is 0. The molecule has 0 fully saturated rings. The normalized spacial score (nSPS) is 10.4. The molecule has 2 rings (SSSR count). The van der Waals surface area contributed by atoms with Gasteiger partial charge in [-0.25, -0.2) is 9.97 Å². The zero-order chi connectivity index (χ0) is 11.4. The van der Waals surface area contributed by atoms with Crippen molar-refractivity contribution in [2.45, 2.75) is 13.5 Å². The molecule has 0 radical (unpaired) electrons. The highest BCUT2D eigenvalue weighted by Gasteiger charge is 1.97. The van der Waals surface area contributed by atoms with Gasteiger partial charge in [0.25, 0.3) is 0 Å². The Hall–Kier alpha value is -1.62. The molecule has 1 N–H and O–H groups in total. The third kappa shape index (κ3) is 2.93. The van der Waals surface area contributed by atoms with E-state index in [-0.39, 0.29) is 5.28 Å². The van der Waals surface area contributed by atoms with Crippen LogP contribution in [0.3, 0.4) is 0 Å². The van der Waals surface area contributed by atoms with Crippen LogP contribution in [0, 0.1) is 6.92 Å². The summed E-state index contributed by atoms with van der Waals surface area (Å²) in [5.74, 6) is 0.726. The van der Waals surface area contributed by atoms with E-state index < -0.39 is 0 Å². The number of nitrogens with zero attached hydrogens (tertiary/aromatic N) is 4. The van der Waals surface area contributed by atoms with E-state index in [2.05, 4.69) is 20.4 Å². The second-order valence-corrected chi connectivity index (χ2v) is 3.76. The summed E-state index contributed by atoms with van der Waals surface area (Å²) in [5, 5.41) is 7.58. The van der Waals surface area contributed by atoms with E-state index in [0.29, 0.717) is 0 Å². The van der Waals surface area contributed by atoms with Gasteiger partial charge in [0.05, 0.1) is 12.7 Å². The lowest BCUT2D eigenvalue weighted by Gasteiger charge is -2.05. The monoisotopic (exact) mass is 237 g/mol. The molecule has 0 bridgehead atoms. The van der Waals surface area contributed by atoms with Crippen molar-refractivity contribution in [3.63, 3.8) is 0 Å². The molecule has 84 valence electrons. The third-order valence-corrected chi connectivity index (χ3v) is 2.22. The van der Waals surface area contributed by atoms with Gasteiger partial charge in [0, 0.05) is 18.9 Å². The average Bonchev–Trinajstić information content (AvgIpc) is 2.64. The summed E-state index contributed by atoms with van der Waals surface area (Å²) in [6.07, 6.45) is 5.45. The molecule has 6 heteroatoms. The predicted molar refractivity (Wildman–Crippen MR) is 62.5 cm³/mol. The first-order valence-corrected chi connectivity index (χ1v) is 5.33. The number of halogens is 1. The van der Waals surface area contributed by atoms with Crippen LogP contribution in [0.15, 0.2) is 24.7 Å². The molecule has 0 amide bonds. The van der Waals surface area contributed by atoms with Crippen LogP contribution in [-0.4, -0.2) is 26.3 Å². The summed E-state index contributed by atoms with van der Waals surface area (Å²) in [4.78, 5) is 7.83. The molecule has 0 unspecified atom stereocenters. The summed E-state index contributed by atoms with van der Waals surface area (Å²) >= 11 is 5.66. The Morgan fingerprint density at radius 2 is 2.38 bits per heavy atom. The minimum absolute atomic E-state index is 0.250. The molecular formula is C10H12ClN5. The first-order chi connectivity index (χ1) is 7.74. The van der Waals surface area contributed by atoms with Crippen molar-refractivity contribution in [2.75, 3.05) is 11.9 Å². The predicted octanol–water partition coefficient (Wildman–Crippen LogP) is 1.75. The molecule has 0 aliphatic rings. The smallest absolute Gasteiger partial charge is 0.224 e. The molecule has 0 atom stereocenters. The molecule has 2 aromatic rings. The highest BCUT2D eigenvalue weighted by molar-refractivity contribution is 6.28. The topological polar surface area (TPSA) is 55.6 Å². The number of rotatable bonds is 4. The highest BCUT2D eigenvalue weighted by atomic mass is 35.5. The molecule has 0 aromatic carbocycles. The van der Waals surface area contributed by atoms with Gasteiger partial charge in [0.15, 0.2) is 0 Å². The first kappa shape index (κ1) is 10.9. The molecular weight excluding hydrogens is 226 g/mol. The van der Waals surface area contributed by atoms with Crippen molar-refractivity contribution in [3.8, 4) is 0 Å². The van der Waals surface area contributed by atoms with Crippen LogP contribution in [0.25, 0.3) is 0 Å². The van der Waals surface area contributed by atoms with Gasteiger partial charge in [-0.05, 0) is 30.2 Å². The van der Waals surface area contributed by atoms with Crippen molar-refractivity contribution in [2.24, 2.45) is 0 Å². The lowest BCUT2D eigenvalue weighted by atomic mass is 10.4. The van der Waals surface area contributed by atoms with Crippen LogP contribution in [-0.2, 0) is 6.54 Å². The second kappa shape index (κ2) is 4.94. The minimum Gasteiger partial charge on any atom is -0.368 e. The first-order valence-electron chi connectivity index (χ1n) is 4.95. The van der Waals surface area contributed by atoms with Gasteiger partial charge in [-0.1, -0.05) is 0 Å². The third-order valence-electron chi connectivity index (χ3n) is 2.04. The lowest BCUT2D eigenvalue weighted by Crippen LogP contribution is -2.11. The van der Waals surface area contributed by atoms with Crippen LogP contribution < -0.4 is 5.32 Å². The quantitative estimate of drug-likeness (QED) is 0.824. The molecule has 0 saturated heterocycles. The number of anilines is 1. The van der Waals surface area contributed by atoms with E-state index in [1.54, 1.807) is 12.3 Å². The van der Waals surface area contributed by atoms with Gasteiger partial charge < -0.3 is 5.32 Å². The fraction of sp³-hybridized carbons (Fsp3) is 0.300. The van der Waals surface area contributed by atoms with Crippen LogP contribution >= 0.6 is 11.6 Å². The molecule has 5 nitrogen and oxygen atoms in total. The highest BCUT2D eigenvalue weighted by Crippen LogP contribution is 2.05. The Labute approximate surface area is 98.5 Å². The standard InChI is InChI=1S/C10H12ClN5/c1-8-6-14-16(7-8)5-4-12-9-2-3-13-10(11)15-9/h2-3,6-7H,4-5H2,1H3,(H,12,13,15). The average molecular weight is 238 g/mol. The summed E-state index contributed by atoms with van der Waals surface area (Å²) in [6, 6.07) is 1.78. The molecule has 16 heavy (non-hydrogen) atoms. The van der Waals surface area contributed by atoms with E-state index in [1.807, 2.05) is 24.0 Å². The zero-order valence-corrected chi connectivity index (χ0v) is 9.65. The van der Waals surface area contributed by atoms with Crippen molar-refractivity contribution in [3.05, 3.63) is 35.5 Å². The molecule has 2 aromatic heterocycles. The van der Waals surface area contributed by atoms with Crippen molar-refractivity contribution < 1.29 is 0 Å². The maximum atomic E-state index is 5.66. The maximum Gasteiger partial charge on any atom is 0.224 e. The number of aromatic nitrogens is 4. The molecule has 0 aliphatic heterocycles. The van der Waals surface area contributed by atoms with E-state index in [1.165, 1.54) is 0 Å². The van der Waals surface area contributed by atoms with Crippen molar-refractivity contribution in [1.82, 2.24) is 19.7 Å². The molecule has 2 heterocycles. The Morgan fingerprint density at radius 3 is 3.06 bits per heavy atom. The van der Waals surface area contributed by atoms with E-state index in [9.17, 15) is 0 Å². The minimum atomic E-state index is 0.250. The number of hydrogen-bond donors (Lipinski definition) is 1. The Balaban J connectivity index is 1.84. The SMILES string of the molecule is Cc1cnn(CCNc2ccnc(Cl)n2)c1. The van der Waals surface area contributed by atoms with E-state index in [0.717, 1.165) is 24.5 Å². The zero-order valence-electron chi connectivity index (χ0n) is 8.89. The number of nitrogens with one attached hydrogen (secondary N) is 1. The Kier molecular flexibility index (Phi) is 3.36. The van der Waals surface area contributed by atoms with E-state index in [4.69, 9.17) is 11.6 Å². The molecule has 0 saturated carbocycles. The van der Waals surface area contributed by atoms with Crippen molar-refractivity contribution >= 4 is 17.4 Å². The van der Waals surface area contributed by atoms with Crippen molar-refractivity contribution in [1.29, 1.82) is 0 Å². The molecule has 0 aliphatic carbocycles. The van der Waals surface area contributed by atoms with Gasteiger partial charge >= 0.3 is 0 Å². The van der Waals surface area contributed by atoms with Gasteiger partial charge in [0.1, 0.15) is 5.82 Å². The lowest BCUT2D eigenvalue weighted by molar-refractivity contribution is 0.636.